The van der Waals surface area contributed by atoms with E-state index in [1.165, 1.54) is 83.8 Å². The Morgan fingerprint density at radius 1 is 0.460 bits per heavy atom. The summed E-state index contributed by atoms with van der Waals surface area (Å²) < 4.78 is 0. The molecule has 6 aromatic carbocycles. The molecule has 0 aromatic heterocycles. The fraction of sp³-hybridized carbons (Fsp3) is 0.184. The summed E-state index contributed by atoms with van der Waals surface area (Å²) in [4.78, 5) is 2.55. The van der Waals surface area contributed by atoms with Crippen molar-refractivity contribution in [2.24, 2.45) is 5.92 Å². The summed E-state index contributed by atoms with van der Waals surface area (Å²) in [6, 6.07) is 52.0. The highest BCUT2D eigenvalue weighted by molar-refractivity contribution is 5.88. The molecule has 3 aliphatic carbocycles. The summed E-state index contributed by atoms with van der Waals surface area (Å²) in [6.45, 7) is 11.9. The third-order valence-electron chi connectivity index (χ3n) is 11.7. The number of nitrogens with zero attached hydrogens (tertiary/aromatic N) is 1. The van der Waals surface area contributed by atoms with E-state index >= 15 is 0 Å². The van der Waals surface area contributed by atoms with Gasteiger partial charge in [-0.3, -0.25) is 0 Å². The van der Waals surface area contributed by atoms with Crippen molar-refractivity contribution in [3.8, 4) is 33.4 Å². The second-order valence-corrected chi connectivity index (χ2v) is 15.5. The van der Waals surface area contributed by atoms with Crippen molar-refractivity contribution in [1.29, 1.82) is 0 Å². The maximum Gasteiger partial charge on any atom is 0.0462 e. The Balaban J connectivity index is 1.19. The van der Waals surface area contributed by atoms with Gasteiger partial charge in [-0.1, -0.05) is 150 Å². The summed E-state index contributed by atoms with van der Waals surface area (Å²) in [7, 11) is 0. The van der Waals surface area contributed by atoms with Gasteiger partial charge < -0.3 is 4.90 Å². The van der Waals surface area contributed by atoms with Crippen LogP contribution < -0.4 is 4.90 Å². The van der Waals surface area contributed by atoms with Crippen molar-refractivity contribution >= 4 is 16.9 Å². The largest absolute Gasteiger partial charge is 0.314 e. The standard InChI is InChI=1S/C49H43N/c1-32-28-35(33-14-8-6-9-15-33)21-27-47(32)50(37-22-25-41-39-18-12-13-19-43(39)48(2,3)45(41)30-37)38-23-26-42-40-24-20-36(34-16-10-7-11-17-34)29-44(40)49(4,5)46(42)31-38/h6-27,29-32H,28H2,1-5H3. The molecule has 0 fully saturated rings. The van der Waals surface area contributed by atoms with Crippen LogP contribution in [0.5, 0.6) is 0 Å². The molecular formula is C49H43N. The fourth-order valence-electron chi connectivity index (χ4n) is 8.97. The first-order valence-corrected chi connectivity index (χ1v) is 18.1. The Morgan fingerprint density at radius 3 is 1.58 bits per heavy atom. The number of rotatable bonds is 5. The molecule has 0 radical (unpaired) electrons. The van der Waals surface area contributed by atoms with Crippen LogP contribution in [0, 0.1) is 5.92 Å². The maximum absolute atomic E-state index is 2.55. The highest BCUT2D eigenvalue weighted by Gasteiger charge is 2.38. The minimum atomic E-state index is -0.133. The zero-order valence-corrected chi connectivity index (χ0v) is 29.7. The van der Waals surface area contributed by atoms with E-state index in [9.17, 15) is 0 Å². The molecule has 1 heteroatoms. The smallest absolute Gasteiger partial charge is 0.0462 e. The van der Waals surface area contributed by atoms with Crippen LogP contribution in [0.4, 0.5) is 11.4 Å². The average Bonchev–Trinajstić information content (AvgIpc) is 3.52. The van der Waals surface area contributed by atoms with Crippen LogP contribution in [0.15, 0.2) is 157 Å². The van der Waals surface area contributed by atoms with Gasteiger partial charge in [-0.2, -0.15) is 0 Å². The number of hydrogen-bond acceptors (Lipinski definition) is 1. The lowest BCUT2D eigenvalue weighted by Gasteiger charge is -2.35. The third-order valence-corrected chi connectivity index (χ3v) is 11.7. The number of benzene rings is 6. The van der Waals surface area contributed by atoms with Crippen molar-refractivity contribution in [3.63, 3.8) is 0 Å². The quantitative estimate of drug-likeness (QED) is 0.180. The van der Waals surface area contributed by atoms with Gasteiger partial charge in [0.1, 0.15) is 0 Å². The number of hydrogen-bond donors (Lipinski definition) is 0. The minimum Gasteiger partial charge on any atom is -0.314 e. The van der Waals surface area contributed by atoms with E-state index in [4.69, 9.17) is 0 Å². The molecule has 0 bridgehead atoms. The van der Waals surface area contributed by atoms with E-state index in [-0.39, 0.29) is 10.8 Å². The van der Waals surface area contributed by atoms with Crippen LogP contribution in [0.2, 0.25) is 0 Å². The van der Waals surface area contributed by atoms with Crippen LogP contribution in [0.3, 0.4) is 0 Å². The van der Waals surface area contributed by atoms with Gasteiger partial charge in [0.25, 0.3) is 0 Å². The summed E-state index contributed by atoms with van der Waals surface area (Å²) in [5.74, 6) is 0.334. The first-order valence-electron chi connectivity index (χ1n) is 18.1. The molecule has 0 spiro atoms. The van der Waals surface area contributed by atoms with Crippen molar-refractivity contribution in [2.75, 3.05) is 4.90 Å². The molecule has 244 valence electrons. The van der Waals surface area contributed by atoms with E-state index in [1.54, 1.807) is 0 Å². The lowest BCUT2D eigenvalue weighted by atomic mass is 9.81. The lowest BCUT2D eigenvalue weighted by Crippen LogP contribution is -2.24. The second kappa shape index (κ2) is 11.3. The van der Waals surface area contributed by atoms with Gasteiger partial charge in [0.2, 0.25) is 0 Å². The summed E-state index contributed by atoms with van der Waals surface area (Å²) in [5.41, 5.74) is 19.8. The zero-order valence-electron chi connectivity index (χ0n) is 29.7. The SMILES string of the molecule is CC1CC(c2ccccc2)=CC=C1N(c1ccc2c(c1)C(C)(C)c1ccccc1-2)c1ccc2c(c1)C(C)(C)c1cc(-c3ccccc3)ccc1-2. The molecule has 0 aliphatic heterocycles. The normalized spacial score (nSPS) is 17.6. The van der Waals surface area contributed by atoms with Gasteiger partial charge >= 0.3 is 0 Å². The van der Waals surface area contributed by atoms with Gasteiger partial charge in [0, 0.05) is 33.8 Å². The molecule has 9 rings (SSSR count). The average molecular weight is 646 g/mol. The Kier molecular flexibility index (Phi) is 6.94. The molecule has 1 unspecified atom stereocenters. The van der Waals surface area contributed by atoms with E-state index in [2.05, 4.69) is 191 Å². The van der Waals surface area contributed by atoms with Crippen LogP contribution in [0.25, 0.3) is 39.0 Å². The molecule has 0 saturated heterocycles. The third kappa shape index (κ3) is 4.67. The Bertz CT molecular complexity index is 2350. The number of fused-ring (bicyclic) bond motifs is 6. The van der Waals surface area contributed by atoms with Crippen molar-refractivity contribution in [2.45, 2.75) is 51.9 Å². The summed E-state index contributed by atoms with van der Waals surface area (Å²) >= 11 is 0. The molecule has 50 heavy (non-hydrogen) atoms. The van der Waals surface area contributed by atoms with Gasteiger partial charge in [-0.25, -0.2) is 0 Å². The van der Waals surface area contributed by atoms with Crippen molar-refractivity contribution in [1.82, 2.24) is 0 Å². The van der Waals surface area contributed by atoms with Gasteiger partial charge in [-0.05, 0) is 110 Å². The van der Waals surface area contributed by atoms with Crippen LogP contribution in [-0.4, -0.2) is 0 Å². The number of allylic oxidation sites excluding steroid dienone is 4. The first-order chi connectivity index (χ1) is 24.2. The van der Waals surface area contributed by atoms with E-state index in [0.29, 0.717) is 5.92 Å². The molecule has 6 aromatic rings. The van der Waals surface area contributed by atoms with Gasteiger partial charge in [-0.15, -0.1) is 0 Å². The molecule has 0 amide bonds. The maximum atomic E-state index is 2.55. The summed E-state index contributed by atoms with van der Waals surface area (Å²) in [5, 5.41) is 0. The summed E-state index contributed by atoms with van der Waals surface area (Å²) in [6.07, 6.45) is 5.73. The highest BCUT2D eigenvalue weighted by Crippen LogP contribution is 2.53. The predicted octanol–water partition coefficient (Wildman–Crippen LogP) is 13.1. The zero-order chi connectivity index (χ0) is 34.2. The highest BCUT2D eigenvalue weighted by atomic mass is 15.2. The second-order valence-electron chi connectivity index (χ2n) is 15.5. The molecule has 0 N–H and O–H groups in total. The van der Waals surface area contributed by atoms with Crippen LogP contribution in [-0.2, 0) is 10.8 Å². The van der Waals surface area contributed by atoms with Crippen molar-refractivity contribution < 1.29 is 0 Å². The van der Waals surface area contributed by atoms with Crippen molar-refractivity contribution in [3.05, 3.63) is 185 Å². The first kappa shape index (κ1) is 30.6. The molecule has 0 saturated carbocycles. The van der Waals surface area contributed by atoms with E-state index < -0.39 is 0 Å². The minimum absolute atomic E-state index is 0.0709. The fourth-order valence-corrected chi connectivity index (χ4v) is 8.97. The monoisotopic (exact) mass is 645 g/mol. The predicted molar refractivity (Wildman–Crippen MR) is 212 cm³/mol. The van der Waals surface area contributed by atoms with E-state index in [1.807, 2.05) is 0 Å². The Hall–Kier alpha value is -5.40. The van der Waals surface area contributed by atoms with Crippen LogP contribution in [0.1, 0.15) is 68.9 Å². The van der Waals surface area contributed by atoms with E-state index in [0.717, 1.165) is 6.42 Å². The molecule has 1 atom stereocenters. The topological polar surface area (TPSA) is 3.24 Å². The van der Waals surface area contributed by atoms with Gasteiger partial charge in [0.15, 0.2) is 0 Å². The Morgan fingerprint density at radius 2 is 0.960 bits per heavy atom. The lowest BCUT2D eigenvalue weighted by molar-refractivity contribution is 0.657. The number of anilines is 2. The van der Waals surface area contributed by atoms with Crippen LogP contribution >= 0.6 is 0 Å². The molecule has 1 nitrogen and oxygen atoms in total. The molecule has 0 heterocycles. The molecular weight excluding hydrogens is 603 g/mol. The van der Waals surface area contributed by atoms with Gasteiger partial charge in [0.05, 0.1) is 0 Å². The Labute approximate surface area is 297 Å². The molecule has 3 aliphatic rings.